The van der Waals surface area contributed by atoms with Gasteiger partial charge < -0.3 is 15.0 Å². The van der Waals surface area contributed by atoms with E-state index in [2.05, 4.69) is 31.2 Å². The molecule has 3 heterocycles. The van der Waals surface area contributed by atoms with Crippen molar-refractivity contribution < 1.29 is 9.53 Å². The van der Waals surface area contributed by atoms with Gasteiger partial charge in [0.05, 0.1) is 24.5 Å². The molecule has 1 aliphatic rings. The van der Waals surface area contributed by atoms with Crippen LogP contribution in [0.2, 0.25) is 0 Å². The van der Waals surface area contributed by atoms with Crippen molar-refractivity contribution in [3.63, 3.8) is 0 Å². The van der Waals surface area contributed by atoms with Gasteiger partial charge in [0, 0.05) is 40.5 Å². The number of rotatable bonds is 3. The number of ether oxygens (including phenoxy) is 1. The standard InChI is InChI=1S/C21H21BrN4O2.ClH/c1-13-11-15(4-6-18(13)22)25-19-16-5-3-14(2)24-20(16)23-12-17(19)21(27)26-7-9-28-10-8-26;/h3-6,11-12H,7-10H2,1-2H3,(H,23,24,25);1H. The maximum Gasteiger partial charge on any atom is 0.257 e. The Morgan fingerprint density at radius 2 is 1.93 bits per heavy atom. The number of hydrogen-bond acceptors (Lipinski definition) is 5. The zero-order chi connectivity index (χ0) is 19.7. The number of carbonyl (C=O) groups is 1. The van der Waals surface area contributed by atoms with Crippen LogP contribution < -0.4 is 5.32 Å². The van der Waals surface area contributed by atoms with Crippen LogP contribution in [0, 0.1) is 13.8 Å². The number of anilines is 2. The number of morpholine rings is 1. The fourth-order valence-electron chi connectivity index (χ4n) is 3.27. The lowest BCUT2D eigenvalue weighted by Crippen LogP contribution is -2.41. The van der Waals surface area contributed by atoms with E-state index < -0.39 is 0 Å². The highest BCUT2D eigenvalue weighted by molar-refractivity contribution is 9.10. The molecule has 1 fully saturated rings. The van der Waals surface area contributed by atoms with E-state index in [1.54, 1.807) is 6.20 Å². The van der Waals surface area contributed by atoms with Crippen molar-refractivity contribution in [3.8, 4) is 0 Å². The zero-order valence-corrected chi connectivity index (χ0v) is 18.6. The molecular weight excluding hydrogens is 456 g/mol. The quantitative estimate of drug-likeness (QED) is 0.595. The molecule has 0 spiro atoms. The van der Waals surface area contributed by atoms with Gasteiger partial charge in [-0.25, -0.2) is 9.97 Å². The van der Waals surface area contributed by atoms with Crippen molar-refractivity contribution >= 4 is 56.7 Å². The van der Waals surface area contributed by atoms with Crippen molar-refractivity contribution in [2.75, 3.05) is 31.6 Å². The summed E-state index contributed by atoms with van der Waals surface area (Å²) >= 11 is 3.53. The Balaban J connectivity index is 0.00000240. The summed E-state index contributed by atoms with van der Waals surface area (Å²) in [5.41, 5.74) is 4.80. The fourth-order valence-corrected chi connectivity index (χ4v) is 3.52. The molecule has 0 saturated carbocycles. The van der Waals surface area contributed by atoms with E-state index in [-0.39, 0.29) is 18.3 Å². The van der Waals surface area contributed by atoms with E-state index in [9.17, 15) is 4.79 Å². The second-order valence-electron chi connectivity index (χ2n) is 6.86. The topological polar surface area (TPSA) is 67.4 Å². The van der Waals surface area contributed by atoms with Gasteiger partial charge in [-0.3, -0.25) is 4.79 Å². The molecule has 6 nitrogen and oxygen atoms in total. The number of nitrogens with zero attached hydrogens (tertiary/aromatic N) is 3. The van der Waals surface area contributed by atoms with Gasteiger partial charge in [0.15, 0.2) is 5.65 Å². The molecule has 0 unspecified atom stereocenters. The minimum Gasteiger partial charge on any atom is -0.378 e. The minimum absolute atomic E-state index is 0. The number of aryl methyl sites for hydroxylation is 2. The second-order valence-corrected chi connectivity index (χ2v) is 7.72. The Kier molecular flexibility index (Phi) is 6.72. The predicted octanol–water partition coefficient (Wildman–Crippen LogP) is 4.65. The second kappa shape index (κ2) is 9.07. The van der Waals surface area contributed by atoms with Crippen LogP contribution in [-0.4, -0.2) is 47.1 Å². The maximum atomic E-state index is 13.2. The highest BCUT2D eigenvalue weighted by Crippen LogP contribution is 2.31. The van der Waals surface area contributed by atoms with Crippen LogP contribution in [0.5, 0.6) is 0 Å². The lowest BCUT2D eigenvalue weighted by molar-refractivity contribution is 0.0303. The Hall–Kier alpha value is -2.22. The van der Waals surface area contributed by atoms with E-state index >= 15 is 0 Å². The first-order valence-corrected chi connectivity index (χ1v) is 9.99. The van der Waals surface area contributed by atoms with Gasteiger partial charge in [0.25, 0.3) is 5.91 Å². The van der Waals surface area contributed by atoms with Gasteiger partial charge in [0.2, 0.25) is 0 Å². The number of fused-ring (bicyclic) bond motifs is 1. The molecule has 1 N–H and O–H groups in total. The first kappa shape index (κ1) is 21.5. The van der Waals surface area contributed by atoms with Crippen LogP contribution in [0.3, 0.4) is 0 Å². The molecule has 1 saturated heterocycles. The summed E-state index contributed by atoms with van der Waals surface area (Å²) in [5, 5.41) is 4.27. The molecular formula is C21H22BrClN4O2. The van der Waals surface area contributed by atoms with E-state index in [1.807, 2.05) is 49.1 Å². The predicted molar refractivity (Wildman–Crippen MR) is 120 cm³/mol. The average molecular weight is 478 g/mol. The summed E-state index contributed by atoms with van der Waals surface area (Å²) in [6.07, 6.45) is 1.63. The largest absolute Gasteiger partial charge is 0.378 e. The first-order chi connectivity index (χ1) is 13.5. The molecule has 2 aromatic heterocycles. The summed E-state index contributed by atoms with van der Waals surface area (Å²) in [4.78, 5) is 24.0. The smallest absolute Gasteiger partial charge is 0.257 e. The Labute approximate surface area is 184 Å². The number of carbonyl (C=O) groups excluding carboxylic acids is 1. The molecule has 1 aromatic carbocycles. The van der Waals surface area contributed by atoms with Gasteiger partial charge >= 0.3 is 0 Å². The Morgan fingerprint density at radius 3 is 2.66 bits per heavy atom. The molecule has 29 heavy (non-hydrogen) atoms. The van der Waals surface area contributed by atoms with Gasteiger partial charge in [-0.1, -0.05) is 15.9 Å². The zero-order valence-electron chi connectivity index (χ0n) is 16.2. The normalized spacial score (nSPS) is 13.8. The number of amides is 1. The highest BCUT2D eigenvalue weighted by Gasteiger charge is 2.23. The summed E-state index contributed by atoms with van der Waals surface area (Å²) in [5.74, 6) is -0.0467. The molecule has 152 valence electrons. The lowest BCUT2D eigenvalue weighted by Gasteiger charge is -2.27. The number of halogens is 2. The Morgan fingerprint density at radius 1 is 1.17 bits per heavy atom. The molecule has 1 aliphatic heterocycles. The van der Waals surface area contributed by atoms with Crippen LogP contribution in [0.4, 0.5) is 11.4 Å². The third-order valence-corrected chi connectivity index (χ3v) is 5.71. The summed E-state index contributed by atoms with van der Waals surface area (Å²) in [6, 6.07) is 9.92. The van der Waals surface area contributed by atoms with Crippen molar-refractivity contribution in [3.05, 3.63) is 57.8 Å². The van der Waals surface area contributed by atoms with Crippen LogP contribution in [0.25, 0.3) is 11.0 Å². The molecule has 3 aromatic rings. The van der Waals surface area contributed by atoms with Crippen molar-refractivity contribution in [2.24, 2.45) is 0 Å². The number of nitrogens with one attached hydrogen (secondary N) is 1. The van der Waals surface area contributed by atoms with E-state index in [1.165, 1.54) is 0 Å². The SMILES string of the molecule is Cc1ccc2c(Nc3ccc(Br)c(C)c3)c(C(=O)N3CCOCC3)cnc2n1.Cl. The van der Waals surface area contributed by atoms with Gasteiger partial charge in [-0.05, 0) is 49.7 Å². The third kappa shape index (κ3) is 4.52. The van der Waals surface area contributed by atoms with Crippen molar-refractivity contribution in [2.45, 2.75) is 13.8 Å². The molecule has 1 amide bonds. The number of benzene rings is 1. The highest BCUT2D eigenvalue weighted by atomic mass is 79.9. The van der Waals surface area contributed by atoms with Gasteiger partial charge in [-0.2, -0.15) is 0 Å². The number of aromatic nitrogens is 2. The van der Waals surface area contributed by atoms with Crippen LogP contribution in [0.15, 0.2) is 41.0 Å². The minimum atomic E-state index is -0.0467. The van der Waals surface area contributed by atoms with Crippen molar-refractivity contribution in [1.29, 1.82) is 0 Å². The van der Waals surface area contributed by atoms with Crippen LogP contribution in [0.1, 0.15) is 21.6 Å². The first-order valence-electron chi connectivity index (χ1n) is 9.19. The fraction of sp³-hybridized carbons (Fsp3) is 0.286. The van der Waals surface area contributed by atoms with E-state index in [0.717, 1.165) is 32.5 Å². The average Bonchev–Trinajstić information content (AvgIpc) is 2.71. The molecule has 0 bridgehead atoms. The molecule has 8 heteroatoms. The summed E-state index contributed by atoms with van der Waals surface area (Å²) in [7, 11) is 0. The number of pyridine rings is 2. The van der Waals surface area contributed by atoms with Crippen LogP contribution in [-0.2, 0) is 4.74 Å². The maximum absolute atomic E-state index is 13.2. The molecule has 0 aliphatic carbocycles. The van der Waals surface area contributed by atoms with E-state index in [0.29, 0.717) is 37.5 Å². The summed E-state index contributed by atoms with van der Waals surface area (Å²) < 4.78 is 6.42. The monoisotopic (exact) mass is 476 g/mol. The van der Waals surface area contributed by atoms with Crippen molar-refractivity contribution in [1.82, 2.24) is 14.9 Å². The summed E-state index contributed by atoms with van der Waals surface area (Å²) in [6.45, 7) is 6.24. The van der Waals surface area contributed by atoms with E-state index in [4.69, 9.17) is 4.74 Å². The number of hydrogen-bond donors (Lipinski definition) is 1. The Bertz CT molecular complexity index is 1050. The molecule has 0 atom stereocenters. The molecule has 0 radical (unpaired) electrons. The van der Waals surface area contributed by atoms with Crippen LogP contribution >= 0.6 is 28.3 Å². The van der Waals surface area contributed by atoms with Gasteiger partial charge in [0.1, 0.15) is 0 Å². The molecule has 4 rings (SSSR count). The van der Waals surface area contributed by atoms with Gasteiger partial charge in [-0.15, -0.1) is 12.4 Å². The third-order valence-electron chi connectivity index (χ3n) is 4.82. The lowest BCUT2D eigenvalue weighted by atomic mass is 10.1.